The molecule has 4 rings (SSSR count). The molecule has 2 N–H and O–H groups in total. The first-order chi connectivity index (χ1) is 19.4. The van der Waals surface area contributed by atoms with Gasteiger partial charge in [0.05, 0.1) is 18.2 Å². The molecule has 3 aromatic rings. The molecule has 1 aliphatic heterocycles. The van der Waals surface area contributed by atoms with Gasteiger partial charge in [-0.25, -0.2) is 0 Å². The van der Waals surface area contributed by atoms with E-state index < -0.39 is 6.04 Å². The lowest BCUT2D eigenvalue weighted by Crippen LogP contribution is -2.47. The van der Waals surface area contributed by atoms with Gasteiger partial charge in [0.25, 0.3) is 5.91 Å². The lowest BCUT2D eigenvalue weighted by Gasteiger charge is -2.25. The summed E-state index contributed by atoms with van der Waals surface area (Å²) in [4.78, 5) is 45.1. The molecule has 1 aliphatic rings. The Balaban J connectivity index is 1.50. The van der Waals surface area contributed by atoms with Crippen molar-refractivity contribution in [2.75, 3.05) is 26.2 Å². The molecule has 1 aromatic heterocycles. The summed E-state index contributed by atoms with van der Waals surface area (Å²) in [5.74, 6) is 0.606. The zero-order valence-electron chi connectivity index (χ0n) is 22.5. The van der Waals surface area contributed by atoms with Crippen LogP contribution in [0.5, 0.6) is 5.75 Å². The SMILES string of the molecule is CCc1noc(CCC(=O)N2CCCCNC(=O)c3cc(Cl)ccc3OC[C@H](Cc3ccccc3)NC(=O)C2)n1. The molecule has 1 atom stereocenters. The van der Waals surface area contributed by atoms with Gasteiger partial charge < -0.3 is 24.8 Å². The Morgan fingerprint density at radius 2 is 1.98 bits per heavy atom. The van der Waals surface area contributed by atoms with E-state index in [1.54, 1.807) is 23.1 Å². The van der Waals surface area contributed by atoms with Crippen LogP contribution in [0.2, 0.25) is 5.02 Å². The molecule has 0 fully saturated rings. The van der Waals surface area contributed by atoms with Crippen LogP contribution in [0.1, 0.15) is 53.8 Å². The van der Waals surface area contributed by atoms with Gasteiger partial charge in [0.1, 0.15) is 12.4 Å². The molecule has 11 heteroatoms. The number of nitrogens with zero attached hydrogens (tertiary/aromatic N) is 3. The van der Waals surface area contributed by atoms with Gasteiger partial charge >= 0.3 is 0 Å². The van der Waals surface area contributed by atoms with E-state index in [1.807, 2.05) is 37.3 Å². The number of nitrogens with one attached hydrogen (secondary N) is 2. The monoisotopic (exact) mass is 567 g/mol. The molecular formula is C29H34ClN5O5. The normalized spacial score (nSPS) is 17.1. The Hall–Kier alpha value is -3.92. The highest BCUT2D eigenvalue weighted by Crippen LogP contribution is 2.23. The number of aromatic nitrogens is 2. The second-order valence-corrected chi connectivity index (χ2v) is 10.1. The van der Waals surface area contributed by atoms with Crippen LogP contribution in [0.4, 0.5) is 0 Å². The molecule has 2 heterocycles. The number of benzene rings is 2. The molecule has 0 bridgehead atoms. The standard InChI is InChI=1S/C29H34ClN5O5/c1-2-25-33-27(40-34-25)12-13-28(37)35-15-7-6-14-31-29(38)23-17-21(30)10-11-24(23)39-19-22(32-26(36)18-35)16-20-8-4-3-5-9-20/h3-5,8-11,17,22H,2,6-7,12-16,18-19H2,1H3,(H,31,38)(H,32,36)/t22-/m0/s1. The van der Waals surface area contributed by atoms with Crippen LogP contribution in [0.25, 0.3) is 0 Å². The van der Waals surface area contributed by atoms with Gasteiger partial charge in [-0.05, 0) is 43.0 Å². The van der Waals surface area contributed by atoms with E-state index in [4.69, 9.17) is 20.9 Å². The van der Waals surface area contributed by atoms with E-state index in [1.165, 1.54) is 0 Å². The number of ether oxygens (including phenoxy) is 1. The first-order valence-electron chi connectivity index (χ1n) is 13.5. The number of fused-ring (bicyclic) bond motifs is 1. The van der Waals surface area contributed by atoms with Crippen molar-refractivity contribution >= 4 is 29.3 Å². The average molecular weight is 568 g/mol. The highest BCUT2D eigenvalue weighted by Gasteiger charge is 2.22. The number of halogens is 1. The van der Waals surface area contributed by atoms with Gasteiger partial charge in [-0.3, -0.25) is 14.4 Å². The molecule has 212 valence electrons. The van der Waals surface area contributed by atoms with Crippen molar-refractivity contribution in [3.8, 4) is 5.75 Å². The number of aryl methyl sites for hydroxylation is 2. The van der Waals surface area contributed by atoms with Crippen molar-refractivity contribution in [2.45, 2.75) is 51.5 Å². The Labute approximate surface area is 238 Å². The Kier molecular flexibility index (Phi) is 10.5. The van der Waals surface area contributed by atoms with Crippen LogP contribution in [0, 0.1) is 0 Å². The summed E-state index contributed by atoms with van der Waals surface area (Å²) in [7, 11) is 0. The van der Waals surface area contributed by atoms with Crippen LogP contribution >= 0.6 is 11.6 Å². The number of carbonyl (C=O) groups excluding carboxylic acids is 3. The van der Waals surface area contributed by atoms with Gasteiger partial charge in [-0.1, -0.05) is 54.0 Å². The van der Waals surface area contributed by atoms with E-state index in [-0.39, 0.29) is 37.3 Å². The Bertz CT molecular complexity index is 1300. The summed E-state index contributed by atoms with van der Waals surface area (Å²) in [6.07, 6.45) is 2.81. The van der Waals surface area contributed by atoms with E-state index in [9.17, 15) is 14.4 Å². The number of amides is 3. The molecule has 0 unspecified atom stereocenters. The molecule has 0 saturated carbocycles. The van der Waals surface area contributed by atoms with Gasteiger partial charge in [0.2, 0.25) is 17.7 Å². The highest BCUT2D eigenvalue weighted by atomic mass is 35.5. The number of rotatable bonds is 6. The lowest BCUT2D eigenvalue weighted by atomic mass is 10.1. The maximum atomic E-state index is 13.2. The van der Waals surface area contributed by atoms with Crippen LogP contribution in [-0.2, 0) is 28.9 Å². The van der Waals surface area contributed by atoms with Crippen LogP contribution < -0.4 is 15.4 Å². The van der Waals surface area contributed by atoms with Gasteiger partial charge in [-0.15, -0.1) is 0 Å². The first kappa shape index (κ1) is 29.1. The van der Waals surface area contributed by atoms with Crippen molar-refractivity contribution in [1.82, 2.24) is 25.7 Å². The second-order valence-electron chi connectivity index (χ2n) is 9.64. The maximum Gasteiger partial charge on any atom is 0.255 e. The largest absolute Gasteiger partial charge is 0.491 e. The molecule has 10 nitrogen and oxygen atoms in total. The maximum absolute atomic E-state index is 13.2. The zero-order chi connectivity index (χ0) is 28.3. The molecule has 0 aliphatic carbocycles. The van der Waals surface area contributed by atoms with E-state index in [2.05, 4.69) is 20.8 Å². The minimum absolute atomic E-state index is 0.0906. The molecule has 0 spiro atoms. The number of hydrogen-bond donors (Lipinski definition) is 2. The third kappa shape index (κ3) is 8.54. The summed E-state index contributed by atoms with van der Waals surface area (Å²) in [6.45, 7) is 2.72. The molecule has 3 amide bonds. The molecule has 2 aromatic carbocycles. The zero-order valence-corrected chi connectivity index (χ0v) is 23.3. The topological polar surface area (TPSA) is 127 Å². The fraction of sp³-hybridized carbons (Fsp3) is 0.414. The van der Waals surface area contributed by atoms with E-state index >= 15 is 0 Å². The third-order valence-corrected chi connectivity index (χ3v) is 6.76. The fourth-order valence-electron chi connectivity index (χ4n) is 4.42. The van der Waals surface area contributed by atoms with Gasteiger partial charge in [0, 0.05) is 37.4 Å². The third-order valence-electron chi connectivity index (χ3n) is 6.52. The van der Waals surface area contributed by atoms with Crippen molar-refractivity contribution < 1.29 is 23.6 Å². The van der Waals surface area contributed by atoms with Crippen molar-refractivity contribution in [3.63, 3.8) is 0 Å². The summed E-state index contributed by atoms with van der Waals surface area (Å²) in [5, 5.41) is 10.2. The summed E-state index contributed by atoms with van der Waals surface area (Å²) < 4.78 is 11.3. The molecule has 0 radical (unpaired) electrons. The summed E-state index contributed by atoms with van der Waals surface area (Å²) in [5.41, 5.74) is 1.35. The smallest absolute Gasteiger partial charge is 0.255 e. The van der Waals surface area contributed by atoms with Gasteiger partial charge in [0.15, 0.2) is 5.82 Å². The predicted molar refractivity (Wildman–Crippen MR) is 149 cm³/mol. The van der Waals surface area contributed by atoms with Crippen LogP contribution in [0.3, 0.4) is 0 Å². The first-order valence-corrected chi connectivity index (χ1v) is 13.9. The number of carbonyl (C=O) groups is 3. The van der Waals surface area contributed by atoms with Crippen molar-refractivity contribution in [2.24, 2.45) is 0 Å². The van der Waals surface area contributed by atoms with E-state index in [0.717, 1.165) is 5.56 Å². The van der Waals surface area contributed by atoms with Crippen LogP contribution in [-0.4, -0.2) is 65.0 Å². The Morgan fingerprint density at radius 1 is 1.15 bits per heavy atom. The minimum atomic E-state index is -0.408. The summed E-state index contributed by atoms with van der Waals surface area (Å²) in [6, 6.07) is 14.2. The second kappa shape index (κ2) is 14.5. The van der Waals surface area contributed by atoms with E-state index in [0.29, 0.717) is 73.2 Å². The Morgan fingerprint density at radius 3 is 2.75 bits per heavy atom. The predicted octanol–water partition coefficient (Wildman–Crippen LogP) is 3.38. The molecule has 0 saturated heterocycles. The van der Waals surface area contributed by atoms with Crippen molar-refractivity contribution in [3.05, 3.63) is 76.4 Å². The van der Waals surface area contributed by atoms with Crippen LogP contribution in [0.15, 0.2) is 53.1 Å². The lowest BCUT2D eigenvalue weighted by molar-refractivity contribution is -0.136. The average Bonchev–Trinajstić information content (AvgIpc) is 3.42. The molecular weight excluding hydrogens is 534 g/mol. The molecule has 40 heavy (non-hydrogen) atoms. The quantitative estimate of drug-likeness (QED) is 0.467. The van der Waals surface area contributed by atoms with Crippen molar-refractivity contribution in [1.29, 1.82) is 0 Å². The fourth-order valence-corrected chi connectivity index (χ4v) is 4.59. The highest BCUT2D eigenvalue weighted by molar-refractivity contribution is 6.31. The van der Waals surface area contributed by atoms with Gasteiger partial charge in [-0.2, -0.15) is 4.98 Å². The summed E-state index contributed by atoms with van der Waals surface area (Å²) >= 11 is 6.17. The minimum Gasteiger partial charge on any atom is -0.491 e. The number of hydrogen-bond acceptors (Lipinski definition) is 7.